The van der Waals surface area contributed by atoms with E-state index in [9.17, 15) is 24.3 Å². The largest absolute Gasteiger partial charge is 0.467 e. The number of methoxy groups -OCH3 is 1. The smallest absolute Gasteiger partial charge is 0.339 e. The van der Waals surface area contributed by atoms with Gasteiger partial charge in [-0.15, -0.1) is 0 Å². The van der Waals surface area contributed by atoms with Crippen molar-refractivity contribution >= 4 is 23.9 Å². The molecule has 0 amide bonds. The lowest BCUT2D eigenvalue weighted by Crippen LogP contribution is -2.63. The van der Waals surface area contributed by atoms with E-state index in [4.69, 9.17) is 23.7 Å². The first-order valence-electron chi connectivity index (χ1n) is 10.8. The Bertz CT molecular complexity index is 657. The molecule has 1 aliphatic heterocycles. The van der Waals surface area contributed by atoms with Crippen molar-refractivity contribution in [3.05, 3.63) is 0 Å². The summed E-state index contributed by atoms with van der Waals surface area (Å²) in [5.41, 5.74) is 0. The van der Waals surface area contributed by atoms with Gasteiger partial charge in [0.15, 0.2) is 30.7 Å². The van der Waals surface area contributed by atoms with Crippen LogP contribution in [0.4, 0.5) is 0 Å². The fourth-order valence-electron chi connectivity index (χ4n) is 3.12. The van der Waals surface area contributed by atoms with Crippen LogP contribution in [0.1, 0.15) is 60.8 Å². The summed E-state index contributed by atoms with van der Waals surface area (Å²) in [6.07, 6.45) is -7.77. The first-order valence-corrected chi connectivity index (χ1v) is 10.8. The predicted molar refractivity (Wildman–Crippen MR) is 111 cm³/mol. The standard InChI is InChI=1S/C22H36O10/c1-11(2)8-14(23)29-17-18(30-15(24)9-12(3)4)20(31-16(25)10-13(5)6)22(27)32-19(17)21(26)28-7/h11-13,17-20,22,27H,8-10H2,1-7H3/t17-,18-,19-,20+,22?/m0/s1. The molecule has 10 heteroatoms. The molecule has 1 saturated heterocycles. The third-order valence-corrected chi connectivity index (χ3v) is 4.47. The maximum Gasteiger partial charge on any atom is 0.339 e. The molecule has 32 heavy (non-hydrogen) atoms. The lowest BCUT2D eigenvalue weighted by molar-refractivity contribution is -0.291. The van der Waals surface area contributed by atoms with Crippen molar-refractivity contribution in [2.75, 3.05) is 7.11 Å². The van der Waals surface area contributed by atoms with Crippen LogP contribution >= 0.6 is 0 Å². The van der Waals surface area contributed by atoms with Gasteiger partial charge in [-0.25, -0.2) is 4.79 Å². The summed E-state index contributed by atoms with van der Waals surface area (Å²) in [6, 6.07) is 0. The molecule has 0 aromatic heterocycles. The molecule has 184 valence electrons. The third-order valence-electron chi connectivity index (χ3n) is 4.47. The van der Waals surface area contributed by atoms with Crippen LogP contribution in [0.15, 0.2) is 0 Å². The molecule has 0 radical (unpaired) electrons. The number of hydrogen-bond donors (Lipinski definition) is 1. The van der Waals surface area contributed by atoms with Gasteiger partial charge in [0.1, 0.15) is 0 Å². The fourth-order valence-corrected chi connectivity index (χ4v) is 3.12. The highest BCUT2D eigenvalue weighted by atomic mass is 16.7. The number of aliphatic hydroxyl groups excluding tert-OH is 1. The van der Waals surface area contributed by atoms with E-state index < -0.39 is 54.6 Å². The van der Waals surface area contributed by atoms with Gasteiger partial charge in [-0.1, -0.05) is 41.5 Å². The lowest BCUT2D eigenvalue weighted by Gasteiger charge is -2.42. The zero-order chi connectivity index (χ0) is 24.6. The molecule has 5 atom stereocenters. The minimum atomic E-state index is -1.81. The maximum absolute atomic E-state index is 12.5. The van der Waals surface area contributed by atoms with Gasteiger partial charge in [-0.05, 0) is 17.8 Å². The molecule has 0 aliphatic carbocycles. The number of aliphatic hydroxyl groups is 1. The van der Waals surface area contributed by atoms with Gasteiger partial charge >= 0.3 is 23.9 Å². The van der Waals surface area contributed by atoms with Gasteiger partial charge in [-0.3, -0.25) is 14.4 Å². The van der Waals surface area contributed by atoms with Crippen molar-refractivity contribution in [2.24, 2.45) is 17.8 Å². The van der Waals surface area contributed by atoms with Crippen LogP contribution in [0.25, 0.3) is 0 Å². The highest BCUT2D eigenvalue weighted by molar-refractivity contribution is 5.78. The van der Waals surface area contributed by atoms with Crippen molar-refractivity contribution in [1.29, 1.82) is 0 Å². The van der Waals surface area contributed by atoms with E-state index in [0.717, 1.165) is 7.11 Å². The summed E-state index contributed by atoms with van der Waals surface area (Å²) >= 11 is 0. The van der Waals surface area contributed by atoms with E-state index in [1.54, 1.807) is 41.5 Å². The molecule has 1 fully saturated rings. The monoisotopic (exact) mass is 460 g/mol. The first-order chi connectivity index (χ1) is 14.8. The second kappa shape index (κ2) is 12.7. The zero-order valence-electron chi connectivity index (χ0n) is 19.9. The lowest BCUT2D eigenvalue weighted by atomic mass is 9.97. The van der Waals surface area contributed by atoms with Crippen LogP contribution in [-0.4, -0.2) is 66.8 Å². The average Bonchev–Trinajstić information content (AvgIpc) is 2.63. The second-order valence-electron chi connectivity index (χ2n) is 9.13. The quantitative estimate of drug-likeness (QED) is 0.379. The number of rotatable bonds is 10. The zero-order valence-corrected chi connectivity index (χ0v) is 19.9. The second-order valence-corrected chi connectivity index (χ2v) is 9.13. The van der Waals surface area contributed by atoms with Gasteiger partial charge < -0.3 is 28.8 Å². The summed E-state index contributed by atoms with van der Waals surface area (Å²) in [6.45, 7) is 10.8. The number of carbonyl (C=O) groups is 4. The molecule has 0 aromatic rings. The Kier molecular flexibility index (Phi) is 11.1. The Morgan fingerprint density at radius 1 is 0.719 bits per heavy atom. The van der Waals surface area contributed by atoms with E-state index in [1.807, 2.05) is 0 Å². The Labute approximate surface area is 188 Å². The van der Waals surface area contributed by atoms with Crippen LogP contribution in [0.5, 0.6) is 0 Å². The van der Waals surface area contributed by atoms with Crippen molar-refractivity contribution in [1.82, 2.24) is 0 Å². The summed E-state index contributed by atoms with van der Waals surface area (Å²) < 4.78 is 26.3. The molecule has 1 aliphatic rings. The number of carbonyl (C=O) groups excluding carboxylic acids is 4. The predicted octanol–water partition coefficient (Wildman–Crippen LogP) is 1.75. The van der Waals surface area contributed by atoms with Crippen LogP contribution < -0.4 is 0 Å². The van der Waals surface area contributed by atoms with Gasteiger partial charge in [-0.2, -0.15) is 0 Å². The third kappa shape index (κ3) is 8.74. The molecule has 1 unspecified atom stereocenters. The summed E-state index contributed by atoms with van der Waals surface area (Å²) in [7, 11) is 1.10. The van der Waals surface area contributed by atoms with Crippen molar-refractivity contribution in [3.63, 3.8) is 0 Å². The summed E-state index contributed by atoms with van der Waals surface area (Å²) in [5, 5.41) is 10.5. The Balaban J connectivity index is 3.31. The van der Waals surface area contributed by atoms with E-state index in [-0.39, 0.29) is 37.0 Å². The van der Waals surface area contributed by atoms with Gasteiger partial charge in [0.2, 0.25) is 0 Å². The van der Waals surface area contributed by atoms with E-state index in [0.29, 0.717) is 0 Å². The Morgan fingerprint density at radius 3 is 1.47 bits per heavy atom. The minimum Gasteiger partial charge on any atom is -0.467 e. The van der Waals surface area contributed by atoms with Gasteiger partial charge in [0.25, 0.3) is 0 Å². The molecule has 0 bridgehead atoms. The summed E-state index contributed by atoms with van der Waals surface area (Å²) in [5.74, 6) is -3.07. The van der Waals surface area contributed by atoms with Crippen molar-refractivity contribution < 1.29 is 48.0 Å². The fraction of sp³-hybridized carbons (Fsp3) is 0.818. The van der Waals surface area contributed by atoms with E-state index in [2.05, 4.69) is 0 Å². The SMILES string of the molecule is COC(=O)[C@H]1OC(O)[C@H](OC(=O)CC(C)C)[C@@H](OC(=O)CC(C)C)[C@@H]1OC(=O)CC(C)C. The van der Waals surface area contributed by atoms with Crippen molar-refractivity contribution in [2.45, 2.75) is 91.5 Å². The Morgan fingerprint density at radius 2 is 1.09 bits per heavy atom. The molecule has 0 spiro atoms. The maximum atomic E-state index is 12.5. The highest BCUT2D eigenvalue weighted by Gasteiger charge is 2.54. The Hall–Kier alpha value is -2.20. The molecule has 1 N–H and O–H groups in total. The minimum absolute atomic E-state index is 0.0235. The average molecular weight is 461 g/mol. The molecular formula is C22H36O10. The molecule has 0 aromatic carbocycles. The van der Waals surface area contributed by atoms with E-state index >= 15 is 0 Å². The van der Waals surface area contributed by atoms with Crippen LogP contribution in [0.3, 0.4) is 0 Å². The topological polar surface area (TPSA) is 135 Å². The molecule has 10 nitrogen and oxygen atoms in total. The molecule has 1 rings (SSSR count). The highest BCUT2D eigenvalue weighted by Crippen LogP contribution is 2.30. The van der Waals surface area contributed by atoms with Gasteiger partial charge in [0, 0.05) is 19.3 Å². The number of esters is 4. The van der Waals surface area contributed by atoms with Crippen LogP contribution in [0.2, 0.25) is 0 Å². The molecule has 1 heterocycles. The van der Waals surface area contributed by atoms with E-state index in [1.165, 1.54) is 0 Å². The van der Waals surface area contributed by atoms with Crippen molar-refractivity contribution in [3.8, 4) is 0 Å². The number of hydrogen-bond acceptors (Lipinski definition) is 10. The summed E-state index contributed by atoms with van der Waals surface area (Å²) in [4.78, 5) is 49.5. The molecule has 0 saturated carbocycles. The normalized spacial score (nSPS) is 25.5. The number of ether oxygens (including phenoxy) is 5. The van der Waals surface area contributed by atoms with Crippen LogP contribution in [-0.2, 0) is 42.9 Å². The van der Waals surface area contributed by atoms with Gasteiger partial charge in [0.05, 0.1) is 7.11 Å². The van der Waals surface area contributed by atoms with Crippen LogP contribution in [0, 0.1) is 17.8 Å². The molecular weight excluding hydrogens is 424 g/mol. The first kappa shape index (κ1) is 27.8.